The Hall–Kier alpha value is -0.380. The lowest BCUT2D eigenvalue weighted by Crippen LogP contribution is -2.21. The van der Waals surface area contributed by atoms with Crippen molar-refractivity contribution < 1.29 is 8.95 Å². The monoisotopic (exact) mass is 286 g/mol. The number of rotatable bonds is 5. The molecule has 1 aromatic carbocycles. The van der Waals surface area contributed by atoms with Crippen molar-refractivity contribution >= 4 is 22.4 Å². The van der Waals surface area contributed by atoms with E-state index in [1.807, 2.05) is 24.3 Å². The van der Waals surface area contributed by atoms with Crippen LogP contribution in [0.5, 0.6) is 0 Å². The molecule has 1 fully saturated rings. The molecule has 1 heterocycles. The highest BCUT2D eigenvalue weighted by molar-refractivity contribution is 7.84. The van der Waals surface area contributed by atoms with Gasteiger partial charge in [-0.1, -0.05) is 29.8 Å². The van der Waals surface area contributed by atoms with E-state index in [1.165, 1.54) is 12.8 Å². The van der Waals surface area contributed by atoms with E-state index in [0.29, 0.717) is 22.6 Å². The van der Waals surface area contributed by atoms with Crippen LogP contribution in [0.4, 0.5) is 0 Å². The third kappa shape index (κ3) is 4.38. The smallest absolute Gasteiger partial charge is 0.0583 e. The van der Waals surface area contributed by atoms with Crippen LogP contribution in [0.3, 0.4) is 0 Å². The van der Waals surface area contributed by atoms with E-state index < -0.39 is 10.8 Å². The van der Waals surface area contributed by atoms with Crippen molar-refractivity contribution in [2.45, 2.75) is 37.5 Å². The van der Waals surface area contributed by atoms with Crippen LogP contribution in [0, 0.1) is 0 Å². The maximum atomic E-state index is 12.0. The molecule has 0 aliphatic carbocycles. The molecule has 1 aliphatic rings. The molecule has 1 aliphatic heterocycles. The molecule has 1 aromatic rings. The van der Waals surface area contributed by atoms with Crippen molar-refractivity contribution in [3.63, 3.8) is 0 Å². The highest BCUT2D eigenvalue weighted by atomic mass is 35.5. The molecule has 0 unspecified atom stereocenters. The van der Waals surface area contributed by atoms with Gasteiger partial charge in [0.05, 0.1) is 6.10 Å². The summed E-state index contributed by atoms with van der Waals surface area (Å²) in [6, 6.07) is 7.61. The van der Waals surface area contributed by atoms with E-state index in [-0.39, 0.29) is 0 Å². The number of halogens is 1. The number of benzene rings is 1. The van der Waals surface area contributed by atoms with Crippen LogP contribution in [0.15, 0.2) is 24.3 Å². The average molecular weight is 287 g/mol. The van der Waals surface area contributed by atoms with Crippen molar-refractivity contribution in [2.75, 3.05) is 12.4 Å². The molecule has 0 spiro atoms. The molecule has 2 atom stereocenters. The van der Waals surface area contributed by atoms with E-state index in [9.17, 15) is 4.21 Å². The van der Waals surface area contributed by atoms with Gasteiger partial charge in [0.1, 0.15) is 0 Å². The predicted molar refractivity (Wildman–Crippen MR) is 76.4 cm³/mol. The van der Waals surface area contributed by atoms with Crippen LogP contribution in [0.25, 0.3) is 0 Å². The molecule has 1 saturated heterocycles. The Morgan fingerprint density at radius 1 is 1.33 bits per heavy atom. The van der Waals surface area contributed by atoms with Gasteiger partial charge in [-0.2, -0.15) is 0 Å². The van der Waals surface area contributed by atoms with Gasteiger partial charge in [0.15, 0.2) is 0 Å². The van der Waals surface area contributed by atoms with Crippen LogP contribution in [0.1, 0.15) is 31.2 Å². The molecule has 0 amide bonds. The Kier molecular flexibility index (Phi) is 5.67. The lowest BCUT2D eigenvalue weighted by atomic mass is 10.1. The van der Waals surface area contributed by atoms with Crippen LogP contribution in [0.2, 0.25) is 5.02 Å². The lowest BCUT2D eigenvalue weighted by Gasteiger charge is -2.22. The molecular weight excluding hydrogens is 268 g/mol. The zero-order valence-electron chi connectivity index (χ0n) is 10.4. The highest BCUT2D eigenvalue weighted by Crippen LogP contribution is 2.19. The molecule has 2 rings (SSSR count). The molecule has 100 valence electrons. The number of hydrogen-bond donors (Lipinski definition) is 0. The Balaban J connectivity index is 1.76. The first kappa shape index (κ1) is 14.0. The summed E-state index contributed by atoms with van der Waals surface area (Å²) in [6.07, 6.45) is 4.73. The van der Waals surface area contributed by atoms with Crippen molar-refractivity contribution in [1.29, 1.82) is 0 Å². The largest absolute Gasteiger partial charge is 0.378 e. The van der Waals surface area contributed by atoms with E-state index in [0.717, 1.165) is 25.0 Å². The normalized spacial score (nSPS) is 21.7. The minimum Gasteiger partial charge on any atom is -0.378 e. The highest BCUT2D eigenvalue weighted by Gasteiger charge is 2.15. The molecule has 4 heteroatoms. The standard InChI is InChI=1S/C14H19ClO2S/c15-14-7-2-1-5-12(14)11-18(16)10-8-13-6-3-4-9-17-13/h1-2,5,7,13H,3-4,6,8-11H2/t13-,18-/m1/s1. The van der Waals surface area contributed by atoms with Crippen LogP contribution >= 0.6 is 11.6 Å². The van der Waals surface area contributed by atoms with Gasteiger partial charge >= 0.3 is 0 Å². The molecule has 0 aromatic heterocycles. The van der Waals surface area contributed by atoms with E-state index in [4.69, 9.17) is 16.3 Å². The summed E-state index contributed by atoms with van der Waals surface area (Å²) in [5, 5.41) is 0.708. The fraction of sp³-hybridized carbons (Fsp3) is 0.571. The van der Waals surface area contributed by atoms with E-state index >= 15 is 0 Å². The van der Waals surface area contributed by atoms with Gasteiger partial charge in [-0.25, -0.2) is 0 Å². The van der Waals surface area contributed by atoms with Crippen molar-refractivity contribution in [3.05, 3.63) is 34.9 Å². The minimum absolute atomic E-state index is 0.314. The first-order chi connectivity index (χ1) is 8.75. The predicted octanol–water partition coefficient (Wildman–Crippen LogP) is 3.55. The van der Waals surface area contributed by atoms with Gasteiger partial charge in [0, 0.05) is 33.9 Å². The summed E-state index contributed by atoms with van der Waals surface area (Å²) in [6.45, 7) is 0.863. The summed E-state index contributed by atoms with van der Waals surface area (Å²) >= 11 is 6.06. The zero-order chi connectivity index (χ0) is 12.8. The third-order valence-electron chi connectivity index (χ3n) is 3.22. The fourth-order valence-electron chi connectivity index (χ4n) is 2.16. The second-order valence-electron chi connectivity index (χ2n) is 4.66. The molecule has 0 radical (unpaired) electrons. The third-order valence-corrected chi connectivity index (χ3v) is 4.91. The van der Waals surface area contributed by atoms with Crippen LogP contribution in [-0.2, 0) is 21.3 Å². The maximum absolute atomic E-state index is 12.0. The summed E-state index contributed by atoms with van der Waals surface area (Å²) < 4.78 is 17.6. The topological polar surface area (TPSA) is 26.3 Å². The van der Waals surface area contributed by atoms with Crippen molar-refractivity contribution in [2.24, 2.45) is 0 Å². The Bertz CT molecular complexity index is 403. The summed E-state index contributed by atoms with van der Waals surface area (Å²) in [5.74, 6) is 1.25. The average Bonchev–Trinajstić information content (AvgIpc) is 2.40. The SMILES string of the molecule is O=[S@](CC[C@H]1CCCCO1)Cc1ccccc1Cl. The van der Waals surface area contributed by atoms with Crippen molar-refractivity contribution in [3.8, 4) is 0 Å². The summed E-state index contributed by atoms with van der Waals surface area (Å²) in [4.78, 5) is 0. The Morgan fingerprint density at radius 3 is 2.89 bits per heavy atom. The van der Waals surface area contributed by atoms with Crippen LogP contribution in [-0.4, -0.2) is 22.7 Å². The van der Waals surface area contributed by atoms with Gasteiger partial charge in [0.25, 0.3) is 0 Å². The molecule has 18 heavy (non-hydrogen) atoms. The molecule has 0 N–H and O–H groups in total. The molecule has 2 nitrogen and oxygen atoms in total. The second kappa shape index (κ2) is 7.27. The molecule has 0 bridgehead atoms. The van der Waals surface area contributed by atoms with Gasteiger partial charge in [-0.3, -0.25) is 4.21 Å². The molecule has 0 saturated carbocycles. The summed E-state index contributed by atoms with van der Waals surface area (Å²) in [7, 11) is -0.847. The lowest BCUT2D eigenvalue weighted by molar-refractivity contribution is 0.0148. The Morgan fingerprint density at radius 2 is 2.17 bits per heavy atom. The van der Waals surface area contributed by atoms with Gasteiger partial charge in [-0.05, 0) is 37.3 Å². The first-order valence-electron chi connectivity index (χ1n) is 6.45. The van der Waals surface area contributed by atoms with Crippen molar-refractivity contribution in [1.82, 2.24) is 0 Å². The second-order valence-corrected chi connectivity index (χ2v) is 6.64. The van der Waals surface area contributed by atoms with E-state index in [1.54, 1.807) is 0 Å². The summed E-state index contributed by atoms with van der Waals surface area (Å²) in [5.41, 5.74) is 0.974. The van der Waals surface area contributed by atoms with Crippen LogP contribution < -0.4 is 0 Å². The minimum atomic E-state index is -0.847. The quantitative estimate of drug-likeness (QED) is 0.827. The molecular formula is C14H19ClO2S. The number of hydrogen-bond acceptors (Lipinski definition) is 2. The van der Waals surface area contributed by atoms with Gasteiger partial charge < -0.3 is 4.74 Å². The van der Waals surface area contributed by atoms with Gasteiger partial charge in [0.2, 0.25) is 0 Å². The number of ether oxygens (including phenoxy) is 1. The first-order valence-corrected chi connectivity index (χ1v) is 8.32. The maximum Gasteiger partial charge on any atom is 0.0583 e. The Labute approximate surface area is 116 Å². The fourth-order valence-corrected chi connectivity index (χ4v) is 3.71. The zero-order valence-corrected chi connectivity index (χ0v) is 12.0. The van der Waals surface area contributed by atoms with Gasteiger partial charge in [-0.15, -0.1) is 0 Å². The van der Waals surface area contributed by atoms with E-state index in [2.05, 4.69) is 0 Å².